The molecule has 0 aromatic heterocycles. The first kappa shape index (κ1) is 23.2. The highest BCUT2D eigenvalue weighted by molar-refractivity contribution is 6.35. The summed E-state index contributed by atoms with van der Waals surface area (Å²) in [4.78, 5) is 41.1. The van der Waals surface area contributed by atoms with Gasteiger partial charge in [-0.05, 0) is 36.6 Å². The summed E-state index contributed by atoms with van der Waals surface area (Å²) in [5, 5.41) is 2.72. The lowest BCUT2D eigenvalue weighted by atomic mass is 10.0. The second-order valence-corrected chi connectivity index (χ2v) is 7.64. The van der Waals surface area contributed by atoms with Gasteiger partial charge in [0.05, 0.1) is 5.57 Å². The lowest BCUT2D eigenvalue weighted by Crippen LogP contribution is -2.35. The molecule has 1 aliphatic heterocycles. The van der Waals surface area contributed by atoms with Gasteiger partial charge in [-0.2, -0.15) is 0 Å². The van der Waals surface area contributed by atoms with Crippen LogP contribution in [0.15, 0.2) is 60.3 Å². The quantitative estimate of drug-likeness (QED) is 0.458. The van der Waals surface area contributed by atoms with Crippen molar-refractivity contribution in [1.82, 2.24) is 9.80 Å². The summed E-state index contributed by atoms with van der Waals surface area (Å²) in [6.07, 6.45) is 0.579. The van der Waals surface area contributed by atoms with Crippen LogP contribution in [-0.4, -0.2) is 54.3 Å². The van der Waals surface area contributed by atoms with Crippen LogP contribution in [0, 0.1) is 0 Å². The monoisotopic (exact) mass is 435 g/mol. The smallest absolute Gasteiger partial charge is 0.277 e. The van der Waals surface area contributed by atoms with Crippen molar-refractivity contribution < 1.29 is 19.1 Å². The third-order valence-electron chi connectivity index (χ3n) is 5.16. The summed E-state index contributed by atoms with van der Waals surface area (Å²) in [5.74, 6) is -0.785. The number of carbonyl (C=O) groups is 3. The van der Waals surface area contributed by atoms with Gasteiger partial charge in [-0.1, -0.05) is 42.5 Å². The molecule has 168 valence electrons. The minimum Gasteiger partial charge on any atom is -0.382 e. The Morgan fingerprint density at radius 3 is 2.34 bits per heavy atom. The molecule has 0 spiro atoms. The highest BCUT2D eigenvalue weighted by Crippen LogP contribution is 2.32. The zero-order valence-electron chi connectivity index (χ0n) is 18.8. The number of anilines is 1. The number of hydrogen-bond donors (Lipinski definition) is 1. The normalized spacial score (nSPS) is 13.7. The number of ether oxygens (including phenoxy) is 1. The van der Waals surface area contributed by atoms with Crippen molar-refractivity contribution in [1.29, 1.82) is 0 Å². The first-order valence-electron chi connectivity index (χ1n) is 10.7. The maximum atomic E-state index is 13.3. The van der Waals surface area contributed by atoms with Crippen LogP contribution in [0.25, 0.3) is 5.57 Å². The molecule has 1 heterocycles. The van der Waals surface area contributed by atoms with Crippen molar-refractivity contribution in [3.05, 3.63) is 71.4 Å². The summed E-state index contributed by atoms with van der Waals surface area (Å²) in [6.45, 7) is 5.23. The van der Waals surface area contributed by atoms with Gasteiger partial charge in [0.25, 0.3) is 11.8 Å². The van der Waals surface area contributed by atoms with Crippen LogP contribution >= 0.6 is 0 Å². The molecule has 0 aliphatic carbocycles. The van der Waals surface area contributed by atoms with E-state index in [-0.39, 0.29) is 17.7 Å². The number of rotatable bonds is 10. The molecule has 3 rings (SSSR count). The molecule has 3 amide bonds. The molecule has 0 atom stereocenters. The van der Waals surface area contributed by atoms with E-state index in [0.717, 1.165) is 5.56 Å². The van der Waals surface area contributed by atoms with Crippen molar-refractivity contribution in [2.45, 2.75) is 26.8 Å². The lowest BCUT2D eigenvalue weighted by molar-refractivity contribution is -0.137. The Bertz CT molecular complexity index is 1000. The van der Waals surface area contributed by atoms with Crippen molar-refractivity contribution in [2.24, 2.45) is 0 Å². The van der Waals surface area contributed by atoms with Crippen molar-refractivity contribution in [2.75, 3.05) is 32.1 Å². The van der Waals surface area contributed by atoms with Gasteiger partial charge in [0, 0.05) is 46.0 Å². The molecular weight excluding hydrogens is 406 g/mol. The van der Waals surface area contributed by atoms with E-state index in [1.165, 1.54) is 11.8 Å². The first-order valence-corrected chi connectivity index (χ1v) is 10.7. The van der Waals surface area contributed by atoms with Crippen LogP contribution in [-0.2, 0) is 25.7 Å². The minimum atomic E-state index is -0.311. The van der Waals surface area contributed by atoms with Gasteiger partial charge in [-0.15, -0.1) is 0 Å². The largest absolute Gasteiger partial charge is 0.382 e. The number of amides is 3. The number of nitrogens with zero attached hydrogens (tertiary/aromatic N) is 2. The third-order valence-corrected chi connectivity index (χ3v) is 5.16. The highest BCUT2D eigenvalue weighted by atomic mass is 16.5. The van der Waals surface area contributed by atoms with E-state index in [1.54, 1.807) is 24.3 Å². The SMILES string of the molecule is CCOCCCN1C(=O)C(c2ccc(NC(C)=O)cc2)=C(N(C)Cc2ccccc2)C1=O. The van der Waals surface area contributed by atoms with Crippen molar-refractivity contribution in [3.8, 4) is 0 Å². The summed E-state index contributed by atoms with van der Waals surface area (Å²) in [5.41, 5.74) is 3.06. The fraction of sp³-hybridized carbons (Fsp3) is 0.320. The average molecular weight is 436 g/mol. The lowest BCUT2D eigenvalue weighted by Gasteiger charge is -2.21. The van der Waals surface area contributed by atoms with Crippen LogP contribution < -0.4 is 5.32 Å². The highest BCUT2D eigenvalue weighted by Gasteiger charge is 2.40. The van der Waals surface area contributed by atoms with Gasteiger partial charge >= 0.3 is 0 Å². The van der Waals surface area contributed by atoms with Crippen LogP contribution in [0.1, 0.15) is 31.4 Å². The number of imide groups is 1. The summed E-state index contributed by atoms with van der Waals surface area (Å²) in [7, 11) is 1.82. The van der Waals surface area contributed by atoms with Gasteiger partial charge in [-0.25, -0.2) is 0 Å². The van der Waals surface area contributed by atoms with Gasteiger partial charge in [0.2, 0.25) is 5.91 Å². The maximum absolute atomic E-state index is 13.3. The van der Waals surface area contributed by atoms with E-state index in [2.05, 4.69) is 5.32 Å². The second-order valence-electron chi connectivity index (χ2n) is 7.64. The van der Waals surface area contributed by atoms with Crippen LogP contribution in [0.5, 0.6) is 0 Å². The van der Waals surface area contributed by atoms with Gasteiger partial charge in [0.15, 0.2) is 0 Å². The molecule has 32 heavy (non-hydrogen) atoms. The predicted molar refractivity (Wildman–Crippen MR) is 123 cm³/mol. The van der Waals surface area contributed by atoms with Gasteiger partial charge in [-0.3, -0.25) is 19.3 Å². The Kier molecular flexibility index (Phi) is 7.78. The Balaban J connectivity index is 1.92. The second kappa shape index (κ2) is 10.7. The molecule has 0 radical (unpaired) electrons. The molecule has 0 saturated carbocycles. The van der Waals surface area contributed by atoms with Crippen LogP contribution in [0.4, 0.5) is 5.69 Å². The summed E-state index contributed by atoms with van der Waals surface area (Å²) < 4.78 is 5.37. The Labute approximate surface area is 188 Å². The number of benzene rings is 2. The number of hydrogen-bond acceptors (Lipinski definition) is 5. The third kappa shape index (κ3) is 5.42. The molecule has 7 nitrogen and oxygen atoms in total. The number of likely N-dealkylation sites (N-methyl/N-ethyl adjacent to an activating group) is 1. The van der Waals surface area contributed by atoms with E-state index < -0.39 is 0 Å². The van der Waals surface area contributed by atoms with Gasteiger partial charge < -0.3 is 15.0 Å². The Morgan fingerprint density at radius 2 is 1.72 bits per heavy atom. The first-order chi connectivity index (χ1) is 15.4. The van der Waals surface area contributed by atoms with E-state index >= 15 is 0 Å². The molecule has 0 saturated heterocycles. The fourth-order valence-electron chi connectivity index (χ4n) is 3.71. The van der Waals surface area contributed by atoms with E-state index in [4.69, 9.17) is 4.74 Å². The topological polar surface area (TPSA) is 79.0 Å². The Hall–Kier alpha value is -3.45. The molecule has 1 aliphatic rings. The van der Waals surface area contributed by atoms with E-state index in [0.29, 0.717) is 55.2 Å². The Morgan fingerprint density at radius 1 is 1.03 bits per heavy atom. The maximum Gasteiger partial charge on any atom is 0.277 e. The average Bonchev–Trinajstić information content (AvgIpc) is 3.02. The standard InChI is InChI=1S/C25H29N3O4/c1-4-32-16-8-15-28-24(30)22(20-11-13-21(14-12-20)26-18(2)29)23(25(28)31)27(3)17-19-9-6-5-7-10-19/h5-7,9-14H,4,8,15-17H2,1-3H3,(H,26,29). The molecule has 0 unspecified atom stereocenters. The zero-order chi connectivity index (χ0) is 23.1. The molecule has 1 N–H and O–H groups in total. The minimum absolute atomic E-state index is 0.173. The molecular formula is C25H29N3O4. The fourth-order valence-corrected chi connectivity index (χ4v) is 3.71. The van der Waals surface area contributed by atoms with Crippen molar-refractivity contribution in [3.63, 3.8) is 0 Å². The van der Waals surface area contributed by atoms with Crippen LogP contribution in [0.2, 0.25) is 0 Å². The molecule has 7 heteroatoms. The van der Waals surface area contributed by atoms with Gasteiger partial charge in [0.1, 0.15) is 5.70 Å². The molecule has 0 bridgehead atoms. The molecule has 0 fully saturated rings. The summed E-state index contributed by atoms with van der Waals surface area (Å²) in [6, 6.07) is 16.8. The van der Waals surface area contributed by atoms with E-state index in [9.17, 15) is 14.4 Å². The predicted octanol–water partition coefficient (Wildman–Crippen LogP) is 3.28. The molecule has 2 aromatic carbocycles. The van der Waals surface area contributed by atoms with E-state index in [1.807, 2.05) is 49.2 Å². The zero-order valence-corrected chi connectivity index (χ0v) is 18.8. The molecule has 2 aromatic rings. The van der Waals surface area contributed by atoms with Crippen LogP contribution in [0.3, 0.4) is 0 Å². The number of nitrogens with one attached hydrogen (secondary N) is 1. The summed E-state index contributed by atoms with van der Waals surface area (Å²) >= 11 is 0. The number of carbonyl (C=O) groups excluding carboxylic acids is 3. The van der Waals surface area contributed by atoms with Crippen molar-refractivity contribution >= 4 is 29.0 Å².